The summed E-state index contributed by atoms with van der Waals surface area (Å²) in [5.41, 5.74) is 0. The first kappa shape index (κ1) is 18.0. The molecule has 0 bridgehead atoms. The summed E-state index contributed by atoms with van der Waals surface area (Å²) >= 11 is 0. The maximum atomic E-state index is 12.3. The average molecular weight is 298 g/mol. The van der Waals surface area contributed by atoms with Gasteiger partial charge in [-0.15, -0.1) is 0 Å². The fourth-order valence-corrected chi connectivity index (χ4v) is 2.65. The Morgan fingerprint density at radius 2 is 1.81 bits per heavy atom. The van der Waals surface area contributed by atoms with E-state index in [-0.39, 0.29) is 6.10 Å². The van der Waals surface area contributed by atoms with Crippen LogP contribution < -0.4 is 0 Å². The molecular weight excluding hydrogens is 268 g/mol. The molecule has 1 rings (SSSR count). The van der Waals surface area contributed by atoms with Crippen molar-refractivity contribution in [1.29, 1.82) is 0 Å². The normalized spacial score (nSPS) is 18.2. The molecule has 0 heterocycles. The first-order valence-electron chi connectivity index (χ1n) is 8.45. The Labute approximate surface area is 128 Å². The molecule has 0 aliphatic heterocycles. The summed E-state index contributed by atoms with van der Waals surface area (Å²) in [5.74, 6) is -1.08. The van der Waals surface area contributed by atoms with Crippen molar-refractivity contribution in [2.45, 2.75) is 78.2 Å². The van der Waals surface area contributed by atoms with E-state index < -0.39 is 17.9 Å². The molecule has 4 heteroatoms. The van der Waals surface area contributed by atoms with Crippen LogP contribution in [0.25, 0.3) is 0 Å². The third-order valence-corrected chi connectivity index (χ3v) is 4.25. The zero-order chi connectivity index (χ0) is 15.7. The van der Waals surface area contributed by atoms with Crippen molar-refractivity contribution in [2.75, 3.05) is 6.61 Å². The zero-order valence-corrected chi connectivity index (χ0v) is 13.7. The summed E-state index contributed by atoms with van der Waals surface area (Å²) in [4.78, 5) is 24.4. The lowest BCUT2D eigenvalue weighted by Gasteiger charge is -2.20. The Morgan fingerprint density at radius 3 is 2.38 bits per heavy atom. The second-order valence-corrected chi connectivity index (χ2v) is 6.12. The number of unbranched alkanes of at least 4 members (excludes halogenated alkanes) is 1. The van der Waals surface area contributed by atoms with Crippen LogP contribution in [-0.4, -0.2) is 24.6 Å². The van der Waals surface area contributed by atoms with Gasteiger partial charge in [0.15, 0.2) is 5.92 Å². The summed E-state index contributed by atoms with van der Waals surface area (Å²) in [5, 5.41) is 0. The highest BCUT2D eigenvalue weighted by Gasteiger charge is 2.34. The number of hydrogen-bond acceptors (Lipinski definition) is 4. The Kier molecular flexibility index (Phi) is 8.40. The molecule has 0 aromatic heterocycles. The lowest BCUT2D eigenvalue weighted by atomic mass is 9.93. The van der Waals surface area contributed by atoms with Gasteiger partial charge in [-0.2, -0.15) is 0 Å². The summed E-state index contributed by atoms with van der Waals surface area (Å²) in [6.45, 7) is 6.25. The van der Waals surface area contributed by atoms with Crippen LogP contribution in [0.4, 0.5) is 0 Å². The fourth-order valence-electron chi connectivity index (χ4n) is 2.65. The van der Waals surface area contributed by atoms with E-state index in [1.807, 2.05) is 20.8 Å². The summed E-state index contributed by atoms with van der Waals surface area (Å²) in [7, 11) is 0. The van der Waals surface area contributed by atoms with E-state index >= 15 is 0 Å². The molecule has 21 heavy (non-hydrogen) atoms. The Bertz CT molecular complexity index is 321. The number of carbonyl (C=O) groups is 2. The van der Waals surface area contributed by atoms with Crippen LogP contribution in [-0.2, 0) is 19.1 Å². The highest BCUT2D eigenvalue weighted by atomic mass is 16.6. The molecule has 1 aliphatic carbocycles. The van der Waals surface area contributed by atoms with Crippen LogP contribution >= 0.6 is 0 Å². The predicted octanol–water partition coefficient (Wildman–Crippen LogP) is 3.87. The van der Waals surface area contributed by atoms with Crippen molar-refractivity contribution in [3.63, 3.8) is 0 Å². The van der Waals surface area contributed by atoms with Gasteiger partial charge in [-0.25, -0.2) is 0 Å². The third kappa shape index (κ3) is 6.49. The standard InChI is InChI=1S/C17H30O4/c1-4-6-11-20-16(18)15(12-14-9-7-8-10-14)17(19)21-13(3)5-2/h13-15H,4-12H2,1-3H3. The van der Waals surface area contributed by atoms with E-state index in [9.17, 15) is 9.59 Å². The zero-order valence-electron chi connectivity index (χ0n) is 13.7. The van der Waals surface area contributed by atoms with Crippen LogP contribution in [0.1, 0.15) is 72.1 Å². The number of hydrogen-bond donors (Lipinski definition) is 0. The molecule has 1 aliphatic rings. The smallest absolute Gasteiger partial charge is 0.320 e. The van der Waals surface area contributed by atoms with Crippen LogP contribution in [0.2, 0.25) is 0 Å². The van der Waals surface area contributed by atoms with Gasteiger partial charge in [-0.05, 0) is 32.1 Å². The predicted molar refractivity (Wildman–Crippen MR) is 81.8 cm³/mol. The summed E-state index contributed by atoms with van der Waals surface area (Å²) in [6, 6.07) is 0. The fraction of sp³-hybridized carbons (Fsp3) is 0.882. The van der Waals surface area contributed by atoms with Gasteiger partial charge in [0.2, 0.25) is 0 Å². The minimum atomic E-state index is -0.737. The van der Waals surface area contributed by atoms with E-state index in [4.69, 9.17) is 9.47 Å². The van der Waals surface area contributed by atoms with Gasteiger partial charge in [0, 0.05) is 0 Å². The van der Waals surface area contributed by atoms with Crippen LogP contribution in [0.15, 0.2) is 0 Å². The van der Waals surface area contributed by atoms with Crippen molar-refractivity contribution < 1.29 is 19.1 Å². The highest BCUT2D eigenvalue weighted by Crippen LogP contribution is 2.31. The van der Waals surface area contributed by atoms with Crippen molar-refractivity contribution in [3.8, 4) is 0 Å². The number of ether oxygens (including phenoxy) is 2. The van der Waals surface area contributed by atoms with Gasteiger partial charge in [-0.1, -0.05) is 46.0 Å². The molecule has 0 aromatic carbocycles. The Hall–Kier alpha value is -1.06. The molecule has 0 aromatic rings. The van der Waals surface area contributed by atoms with E-state index in [1.165, 1.54) is 12.8 Å². The molecule has 1 fully saturated rings. The van der Waals surface area contributed by atoms with Gasteiger partial charge in [-0.3, -0.25) is 9.59 Å². The molecule has 0 amide bonds. The first-order valence-corrected chi connectivity index (χ1v) is 8.45. The van der Waals surface area contributed by atoms with Crippen molar-refractivity contribution in [3.05, 3.63) is 0 Å². The third-order valence-electron chi connectivity index (χ3n) is 4.25. The van der Waals surface area contributed by atoms with Crippen molar-refractivity contribution >= 4 is 11.9 Å². The quantitative estimate of drug-likeness (QED) is 0.368. The molecule has 1 saturated carbocycles. The van der Waals surface area contributed by atoms with Gasteiger partial charge < -0.3 is 9.47 Å². The minimum absolute atomic E-state index is 0.146. The summed E-state index contributed by atoms with van der Waals surface area (Å²) in [6.07, 6.45) is 7.61. The molecule has 122 valence electrons. The van der Waals surface area contributed by atoms with E-state index in [2.05, 4.69) is 0 Å². The maximum absolute atomic E-state index is 12.3. The lowest BCUT2D eigenvalue weighted by molar-refractivity contribution is -0.165. The van der Waals surface area contributed by atoms with E-state index in [0.717, 1.165) is 32.1 Å². The molecule has 0 spiro atoms. The lowest BCUT2D eigenvalue weighted by Crippen LogP contribution is -2.32. The molecule has 4 nitrogen and oxygen atoms in total. The Balaban J connectivity index is 2.58. The van der Waals surface area contributed by atoms with Gasteiger partial charge in [0.05, 0.1) is 12.7 Å². The van der Waals surface area contributed by atoms with Crippen LogP contribution in [0, 0.1) is 11.8 Å². The topological polar surface area (TPSA) is 52.6 Å². The van der Waals surface area contributed by atoms with Crippen molar-refractivity contribution in [2.24, 2.45) is 11.8 Å². The number of carbonyl (C=O) groups excluding carboxylic acids is 2. The maximum Gasteiger partial charge on any atom is 0.320 e. The molecular formula is C17H30O4. The molecule has 2 atom stereocenters. The monoisotopic (exact) mass is 298 g/mol. The number of rotatable bonds is 9. The SMILES string of the molecule is CCCCOC(=O)C(CC1CCCC1)C(=O)OC(C)CC. The molecule has 2 unspecified atom stereocenters. The molecule has 0 saturated heterocycles. The average Bonchev–Trinajstić information content (AvgIpc) is 2.97. The Morgan fingerprint density at radius 1 is 1.14 bits per heavy atom. The van der Waals surface area contributed by atoms with Gasteiger partial charge in [0.25, 0.3) is 0 Å². The first-order chi connectivity index (χ1) is 10.1. The van der Waals surface area contributed by atoms with Gasteiger partial charge >= 0.3 is 11.9 Å². The van der Waals surface area contributed by atoms with E-state index in [0.29, 0.717) is 18.9 Å². The second kappa shape index (κ2) is 9.80. The highest BCUT2D eigenvalue weighted by molar-refractivity contribution is 5.95. The van der Waals surface area contributed by atoms with Crippen LogP contribution in [0.5, 0.6) is 0 Å². The largest absolute Gasteiger partial charge is 0.465 e. The second-order valence-electron chi connectivity index (χ2n) is 6.12. The molecule has 0 radical (unpaired) electrons. The van der Waals surface area contributed by atoms with Crippen LogP contribution in [0.3, 0.4) is 0 Å². The van der Waals surface area contributed by atoms with Crippen molar-refractivity contribution in [1.82, 2.24) is 0 Å². The van der Waals surface area contributed by atoms with E-state index in [1.54, 1.807) is 0 Å². The minimum Gasteiger partial charge on any atom is -0.465 e. The van der Waals surface area contributed by atoms with Gasteiger partial charge in [0.1, 0.15) is 0 Å². The number of esters is 2. The molecule has 0 N–H and O–H groups in total. The summed E-state index contributed by atoms with van der Waals surface area (Å²) < 4.78 is 10.6.